The van der Waals surface area contributed by atoms with Gasteiger partial charge in [-0.2, -0.15) is 0 Å². The first kappa shape index (κ1) is 13.7. The van der Waals surface area contributed by atoms with Gasteiger partial charge < -0.3 is 24.0 Å². The maximum absolute atomic E-state index is 5.82. The highest BCUT2D eigenvalue weighted by Gasteiger charge is 2.11. The Hall–Kier alpha value is -0.330. The van der Waals surface area contributed by atoms with Gasteiger partial charge in [0.25, 0.3) is 0 Å². The zero-order valence-corrected chi connectivity index (χ0v) is 12.7. The second-order valence-electron chi connectivity index (χ2n) is 3.37. The van der Waals surface area contributed by atoms with Crippen molar-refractivity contribution >= 4 is 33.8 Å². The summed E-state index contributed by atoms with van der Waals surface area (Å²) in [5, 5.41) is 7.34. The normalized spacial score (nSPS) is 9.69. The summed E-state index contributed by atoms with van der Waals surface area (Å²) in [7, 11) is 2.05. The van der Waals surface area contributed by atoms with Gasteiger partial charge in [0, 0.05) is 10.4 Å². The van der Waals surface area contributed by atoms with E-state index in [1.165, 1.54) is 5.69 Å². The summed E-state index contributed by atoms with van der Waals surface area (Å²) in [6, 6.07) is 7.70. The minimum atomic E-state index is 0. The van der Waals surface area contributed by atoms with E-state index in [-0.39, 0.29) is 24.0 Å². The van der Waals surface area contributed by atoms with Crippen molar-refractivity contribution in [1.82, 2.24) is 0 Å². The van der Waals surface area contributed by atoms with Crippen LogP contribution in [-0.2, 0) is 7.05 Å². The fourth-order valence-corrected chi connectivity index (χ4v) is 2.27. The molecule has 0 saturated heterocycles. The number of rotatable bonds is 2. The molecule has 1 aromatic carbocycles. The molecule has 0 aliphatic heterocycles. The fourth-order valence-electron chi connectivity index (χ4n) is 1.23. The SMILES string of the molecule is Cc1csc(Nc2ccc(Cl)cc2)[n+]1C.[I-]. The quantitative estimate of drug-likeness (QED) is 0.596. The molecule has 0 atom stereocenters. The summed E-state index contributed by atoms with van der Waals surface area (Å²) in [5.74, 6) is 0. The second kappa shape index (κ2) is 5.84. The van der Waals surface area contributed by atoms with E-state index in [1.807, 2.05) is 31.3 Å². The summed E-state index contributed by atoms with van der Waals surface area (Å²) in [4.78, 5) is 0. The number of halogens is 2. The standard InChI is InChI=1S/C11H11ClN2S.HI/c1-8-7-15-11(14(8)2)13-10-5-3-9(12)4-6-10;/h3-7H,1-2H3;1H. The molecule has 0 radical (unpaired) electrons. The number of aromatic nitrogens is 1. The van der Waals surface area contributed by atoms with Crippen LogP contribution < -0.4 is 33.9 Å². The Morgan fingerprint density at radius 1 is 1.25 bits per heavy atom. The molecule has 0 spiro atoms. The van der Waals surface area contributed by atoms with Crippen molar-refractivity contribution in [1.29, 1.82) is 0 Å². The smallest absolute Gasteiger partial charge is 0.338 e. The molecule has 2 rings (SSSR count). The van der Waals surface area contributed by atoms with Crippen molar-refractivity contribution in [2.75, 3.05) is 5.32 Å². The fraction of sp³-hybridized carbons (Fsp3) is 0.182. The van der Waals surface area contributed by atoms with Gasteiger partial charge in [-0.1, -0.05) is 22.9 Å². The summed E-state index contributed by atoms with van der Waals surface area (Å²) in [6.45, 7) is 2.09. The van der Waals surface area contributed by atoms with Crippen LogP contribution in [0.15, 0.2) is 29.6 Å². The van der Waals surface area contributed by atoms with Crippen molar-refractivity contribution in [2.24, 2.45) is 7.05 Å². The van der Waals surface area contributed by atoms with E-state index in [4.69, 9.17) is 11.6 Å². The molecule has 0 aliphatic rings. The van der Waals surface area contributed by atoms with Gasteiger partial charge in [-0.25, -0.2) is 9.88 Å². The van der Waals surface area contributed by atoms with E-state index in [0.29, 0.717) is 0 Å². The molecule has 86 valence electrons. The zero-order valence-electron chi connectivity index (χ0n) is 9.00. The van der Waals surface area contributed by atoms with Crippen molar-refractivity contribution < 1.29 is 28.5 Å². The van der Waals surface area contributed by atoms with E-state index in [2.05, 4.69) is 22.2 Å². The lowest BCUT2D eigenvalue weighted by molar-refractivity contribution is -0.658. The number of aryl methyl sites for hydroxylation is 1. The molecule has 0 bridgehead atoms. The van der Waals surface area contributed by atoms with Crippen molar-refractivity contribution in [3.05, 3.63) is 40.4 Å². The lowest BCUT2D eigenvalue weighted by Gasteiger charge is -1.98. The van der Waals surface area contributed by atoms with Crippen molar-refractivity contribution in [2.45, 2.75) is 6.92 Å². The largest absolute Gasteiger partial charge is 1.00 e. The predicted octanol–water partition coefficient (Wildman–Crippen LogP) is 0.282. The lowest BCUT2D eigenvalue weighted by atomic mass is 10.3. The number of anilines is 2. The molecule has 0 aliphatic carbocycles. The molecule has 1 aromatic heterocycles. The lowest BCUT2D eigenvalue weighted by Crippen LogP contribution is -3.00. The third kappa shape index (κ3) is 3.09. The molecule has 16 heavy (non-hydrogen) atoms. The van der Waals surface area contributed by atoms with Gasteiger partial charge in [-0.3, -0.25) is 0 Å². The maximum atomic E-state index is 5.82. The zero-order chi connectivity index (χ0) is 10.8. The Kier molecular flexibility index (Phi) is 5.01. The van der Waals surface area contributed by atoms with Gasteiger partial charge in [-0.15, -0.1) is 0 Å². The molecule has 0 amide bonds. The molecule has 0 unspecified atom stereocenters. The molecular weight excluding hydrogens is 355 g/mol. The number of nitrogens with one attached hydrogen (secondary N) is 1. The van der Waals surface area contributed by atoms with Gasteiger partial charge in [0.15, 0.2) is 0 Å². The Balaban J connectivity index is 0.00000128. The van der Waals surface area contributed by atoms with Gasteiger partial charge in [0.1, 0.15) is 11.4 Å². The van der Waals surface area contributed by atoms with Crippen LogP contribution >= 0.6 is 22.9 Å². The second-order valence-corrected chi connectivity index (χ2v) is 4.67. The monoisotopic (exact) mass is 366 g/mol. The molecule has 5 heteroatoms. The Morgan fingerprint density at radius 2 is 1.88 bits per heavy atom. The van der Waals surface area contributed by atoms with Gasteiger partial charge in [0.2, 0.25) is 0 Å². The summed E-state index contributed by atoms with van der Waals surface area (Å²) in [5.41, 5.74) is 2.30. The third-order valence-corrected chi connectivity index (χ3v) is 3.58. The average molecular weight is 367 g/mol. The highest BCUT2D eigenvalue weighted by Crippen LogP contribution is 2.20. The molecule has 2 aromatic rings. The van der Waals surface area contributed by atoms with Gasteiger partial charge in [0.05, 0.1) is 7.05 Å². The highest BCUT2D eigenvalue weighted by molar-refractivity contribution is 7.13. The van der Waals surface area contributed by atoms with Crippen molar-refractivity contribution in [3.8, 4) is 0 Å². The average Bonchev–Trinajstić information content (AvgIpc) is 2.53. The number of thiazole rings is 1. The van der Waals surface area contributed by atoms with Gasteiger partial charge >= 0.3 is 5.13 Å². The molecule has 0 fully saturated rings. The van der Waals surface area contributed by atoms with Crippen LogP contribution in [0.3, 0.4) is 0 Å². The number of benzene rings is 1. The molecule has 2 nitrogen and oxygen atoms in total. The highest BCUT2D eigenvalue weighted by atomic mass is 127. The Morgan fingerprint density at radius 3 is 2.38 bits per heavy atom. The van der Waals surface area contributed by atoms with Crippen LogP contribution in [0.5, 0.6) is 0 Å². The van der Waals surface area contributed by atoms with Crippen LogP contribution in [0.1, 0.15) is 5.69 Å². The number of hydrogen-bond acceptors (Lipinski definition) is 2. The van der Waals surface area contributed by atoms with E-state index in [9.17, 15) is 0 Å². The van der Waals surface area contributed by atoms with E-state index < -0.39 is 0 Å². The van der Waals surface area contributed by atoms with Crippen LogP contribution in [-0.4, -0.2) is 0 Å². The van der Waals surface area contributed by atoms with Crippen molar-refractivity contribution in [3.63, 3.8) is 0 Å². The summed E-state index contributed by atoms with van der Waals surface area (Å²) >= 11 is 7.51. The molecule has 1 heterocycles. The minimum absolute atomic E-state index is 0. The van der Waals surface area contributed by atoms with Crippen LogP contribution in [0.25, 0.3) is 0 Å². The van der Waals surface area contributed by atoms with Crippen LogP contribution in [0.2, 0.25) is 5.02 Å². The summed E-state index contributed by atoms with van der Waals surface area (Å²) in [6.07, 6.45) is 0. The number of nitrogens with zero attached hydrogens (tertiary/aromatic N) is 1. The topological polar surface area (TPSA) is 15.9 Å². The first-order valence-electron chi connectivity index (χ1n) is 4.63. The number of hydrogen-bond donors (Lipinski definition) is 1. The molecule has 1 N–H and O–H groups in total. The Bertz CT molecular complexity index is 467. The molecular formula is C11H12ClIN2S. The van der Waals surface area contributed by atoms with Crippen LogP contribution in [0, 0.1) is 6.92 Å². The first-order chi connectivity index (χ1) is 7.16. The molecule has 0 saturated carbocycles. The Labute approximate surface area is 121 Å². The first-order valence-corrected chi connectivity index (χ1v) is 5.89. The van der Waals surface area contributed by atoms with Crippen LogP contribution in [0.4, 0.5) is 10.8 Å². The van der Waals surface area contributed by atoms with E-state index in [0.717, 1.165) is 15.8 Å². The van der Waals surface area contributed by atoms with E-state index >= 15 is 0 Å². The van der Waals surface area contributed by atoms with E-state index in [1.54, 1.807) is 11.3 Å². The predicted molar refractivity (Wildman–Crippen MR) is 65.0 cm³/mol. The third-order valence-electron chi connectivity index (χ3n) is 2.27. The maximum Gasteiger partial charge on any atom is 0.338 e. The summed E-state index contributed by atoms with van der Waals surface area (Å²) < 4.78 is 2.12. The van der Waals surface area contributed by atoms with Gasteiger partial charge in [-0.05, 0) is 31.2 Å². The minimum Gasteiger partial charge on any atom is -1.00 e.